The van der Waals surface area contributed by atoms with Crippen LogP contribution in [0.25, 0.3) is 0 Å². The molecule has 0 aliphatic heterocycles. The van der Waals surface area contributed by atoms with Crippen LogP contribution >= 0.6 is 0 Å². The predicted molar refractivity (Wildman–Crippen MR) is 78.2 cm³/mol. The van der Waals surface area contributed by atoms with Gasteiger partial charge >= 0.3 is 0 Å². The van der Waals surface area contributed by atoms with E-state index in [2.05, 4.69) is 16.9 Å². The second kappa shape index (κ2) is 6.34. The molecule has 5 heteroatoms. The molecule has 0 radical (unpaired) electrons. The Hall–Kier alpha value is -2.14. The monoisotopic (exact) mass is 272 g/mol. The number of benzene rings is 1. The lowest BCUT2D eigenvalue weighted by molar-refractivity contribution is 0.291. The third-order valence-electron chi connectivity index (χ3n) is 2.93. The first-order valence-electron chi connectivity index (χ1n) is 6.55. The molecule has 1 aromatic carbocycles. The molecule has 5 nitrogen and oxygen atoms in total. The molecule has 106 valence electrons. The van der Waals surface area contributed by atoms with E-state index in [9.17, 15) is 0 Å². The number of nitrogens with zero attached hydrogens (tertiary/aromatic N) is 3. The fourth-order valence-corrected chi connectivity index (χ4v) is 1.85. The largest absolute Gasteiger partial charge is 0.487 e. The van der Waals surface area contributed by atoms with E-state index in [-0.39, 0.29) is 0 Å². The summed E-state index contributed by atoms with van der Waals surface area (Å²) >= 11 is 0. The summed E-state index contributed by atoms with van der Waals surface area (Å²) in [5.41, 5.74) is 9.56. The van der Waals surface area contributed by atoms with Crippen LogP contribution in [0.4, 0.5) is 0 Å². The van der Waals surface area contributed by atoms with Gasteiger partial charge in [0.2, 0.25) is 0 Å². The molecule has 0 saturated heterocycles. The predicted octanol–water partition coefficient (Wildman–Crippen LogP) is 2.20. The molecule has 2 N–H and O–H groups in total. The van der Waals surface area contributed by atoms with Gasteiger partial charge in [0.25, 0.3) is 0 Å². The maximum Gasteiger partial charge on any atom is 0.132 e. The first-order chi connectivity index (χ1) is 9.60. The number of aryl methyl sites for hydroxylation is 1. The van der Waals surface area contributed by atoms with Crippen LogP contribution in [-0.2, 0) is 19.7 Å². The van der Waals surface area contributed by atoms with Crippen molar-refractivity contribution in [1.29, 1.82) is 0 Å². The third kappa shape index (κ3) is 3.45. The highest BCUT2D eigenvalue weighted by molar-refractivity contribution is 5.26. The summed E-state index contributed by atoms with van der Waals surface area (Å²) in [6, 6.07) is 7.93. The van der Waals surface area contributed by atoms with Gasteiger partial charge in [0.05, 0.1) is 6.54 Å². The number of ether oxygens (including phenoxy) is 1. The van der Waals surface area contributed by atoms with Crippen molar-refractivity contribution in [2.24, 2.45) is 5.73 Å². The zero-order chi connectivity index (χ0) is 14.5. The van der Waals surface area contributed by atoms with Crippen LogP contribution in [0.5, 0.6) is 5.75 Å². The second-order valence-corrected chi connectivity index (χ2v) is 4.90. The molecule has 2 rings (SSSR count). The zero-order valence-electron chi connectivity index (χ0n) is 12.0. The van der Waals surface area contributed by atoms with E-state index in [1.54, 1.807) is 4.68 Å². The number of hydrogen-bond donors (Lipinski definition) is 1. The van der Waals surface area contributed by atoms with Gasteiger partial charge in [0.1, 0.15) is 23.7 Å². The van der Waals surface area contributed by atoms with Gasteiger partial charge in [0, 0.05) is 6.54 Å². The van der Waals surface area contributed by atoms with Crippen molar-refractivity contribution in [3.8, 4) is 5.75 Å². The first kappa shape index (κ1) is 14.3. The van der Waals surface area contributed by atoms with Crippen molar-refractivity contribution in [3.05, 3.63) is 53.4 Å². The van der Waals surface area contributed by atoms with Gasteiger partial charge in [-0.2, -0.15) is 0 Å². The fraction of sp³-hybridized carbons (Fsp3) is 0.333. The van der Waals surface area contributed by atoms with Gasteiger partial charge < -0.3 is 10.5 Å². The Kier molecular flexibility index (Phi) is 4.53. The van der Waals surface area contributed by atoms with Crippen LogP contribution < -0.4 is 10.5 Å². The van der Waals surface area contributed by atoms with Gasteiger partial charge in [-0.3, -0.25) is 0 Å². The standard InChI is InChI=1S/C15H20N4O/c1-11(2)9-19-15(14(8-16)17-18-19)10-20-13-6-4-12(3)5-7-13/h4-7H,1,8-10,16H2,2-3H3. The Morgan fingerprint density at radius 3 is 2.65 bits per heavy atom. The zero-order valence-corrected chi connectivity index (χ0v) is 12.0. The molecule has 0 amide bonds. The molecular formula is C15H20N4O. The number of allylic oxidation sites excluding steroid dienone is 1. The van der Waals surface area contributed by atoms with Gasteiger partial charge in [0.15, 0.2) is 0 Å². The van der Waals surface area contributed by atoms with Crippen molar-refractivity contribution in [2.45, 2.75) is 33.5 Å². The topological polar surface area (TPSA) is 66.0 Å². The molecule has 0 atom stereocenters. The van der Waals surface area contributed by atoms with Crippen molar-refractivity contribution >= 4 is 0 Å². The average Bonchev–Trinajstić information content (AvgIpc) is 2.79. The minimum absolute atomic E-state index is 0.350. The summed E-state index contributed by atoms with van der Waals surface area (Å²) in [7, 11) is 0. The summed E-state index contributed by atoms with van der Waals surface area (Å²) in [4.78, 5) is 0. The van der Waals surface area contributed by atoms with E-state index < -0.39 is 0 Å². The van der Waals surface area contributed by atoms with E-state index in [0.717, 1.165) is 22.7 Å². The SMILES string of the molecule is C=C(C)Cn1nnc(CN)c1COc1ccc(C)cc1. The van der Waals surface area contributed by atoms with E-state index in [0.29, 0.717) is 19.7 Å². The van der Waals surface area contributed by atoms with Crippen molar-refractivity contribution in [2.75, 3.05) is 0 Å². The molecule has 0 unspecified atom stereocenters. The number of aromatic nitrogens is 3. The van der Waals surface area contributed by atoms with E-state index in [1.165, 1.54) is 5.56 Å². The highest BCUT2D eigenvalue weighted by Crippen LogP contribution is 2.15. The Balaban J connectivity index is 2.12. The third-order valence-corrected chi connectivity index (χ3v) is 2.93. The van der Waals surface area contributed by atoms with Gasteiger partial charge in [-0.15, -0.1) is 5.10 Å². The number of hydrogen-bond acceptors (Lipinski definition) is 4. The molecule has 0 aliphatic rings. The molecule has 1 heterocycles. The van der Waals surface area contributed by atoms with E-state index in [4.69, 9.17) is 10.5 Å². The van der Waals surface area contributed by atoms with Crippen LogP contribution in [0.2, 0.25) is 0 Å². The van der Waals surface area contributed by atoms with Crippen LogP contribution in [-0.4, -0.2) is 15.0 Å². The highest BCUT2D eigenvalue weighted by Gasteiger charge is 2.12. The molecule has 0 spiro atoms. The molecule has 0 saturated carbocycles. The molecule has 0 bridgehead atoms. The average molecular weight is 272 g/mol. The van der Waals surface area contributed by atoms with Gasteiger partial charge in [-0.25, -0.2) is 4.68 Å². The molecule has 0 aliphatic carbocycles. The van der Waals surface area contributed by atoms with Crippen molar-refractivity contribution in [1.82, 2.24) is 15.0 Å². The van der Waals surface area contributed by atoms with Gasteiger partial charge in [-0.05, 0) is 26.0 Å². The summed E-state index contributed by atoms with van der Waals surface area (Å²) in [6.07, 6.45) is 0. The number of rotatable bonds is 6. The van der Waals surface area contributed by atoms with E-state index >= 15 is 0 Å². The molecule has 2 aromatic rings. The molecule has 1 aromatic heterocycles. The smallest absolute Gasteiger partial charge is 0.132 e. The van der Waals surface area contributed by atoms with Crippen molar-refractivity contribution < 1.29 is 4.74 Å². The number of nitrogens with two attached hydrogens (primary N) is 1. The van der Waals surface area contributed by atoms with Gasteiger partial charge in [-0.1, -0.05) is 35.1 Å². The van der Waals surface area contributed by atoms with Crippen molar-refractivity contribution in [3.63, 3.8) is 0 Å². The minimum atomic E-state index is 0.350. The van der Waals surface area contributed by atoms with Crippen LogP contribution in [0.3, 0.4) is 0 Å². The Bertz CT molecular complexity index is 586. The summed E-state index contributed by atoms with van der Waals surface area (Å²) in [5, 5.41) is 8.18. The lowest BCUT2D eigenvalue weighted by atomic mass is 10.2. The lowest BCUT2D eigenvalue weighted by Gasteiger charge is -2.10. The first-order valence-corrected chi connectivity index (χ1v) is 6.55. The fourth-order valence-electron chi connectivity index (χ4n) is 1.85. The molecule has 20 heavy (non-hydrogen) atoms. The maximum absolute atomic E-state index is 5.78. The maximum atomic E-state index is 5.78. The summed E-state index contributed by atoms with van der Waals surface area (Å²) in [5.74, 6) is 0.821. The quantitative estimate of drug-likeness (QED) is 0.819. The lowest BCUT2D eigenvalue weighted by Crippen LogP contribution is -2.11. The molecular weight excluding hydrogens is 252 g/mol. The Morgan fingerprint density at radius 1 is 1.35 bits per heavy atom. The normalized spacial score (nSPS) is 10.6. The summed E-state index contributed by atoms with van der Waals surface area (Å²) < 4.78 is 7.57. The highest BCUT2D eigenvalue weighted by atomic mass is 16.5. The van der Waals surface area contributed by atoms with Crippen LogP contribution in [0.15, 0.2) is 36.4 Å². The van der Waals surface area contributed by atoms with Crippen LogP contribution in [0.1, 0.15) is 23.9 Å². The Labute approximate surface area is 119 Å². The Morgan fingerprint density at radius 2 is 2.05 bits per heavy atom. The van der Waals surface area contributed by atoms with Crippen LogP contribution in [0, 0.1) is 6.92 Å². The minimum Gasteiger partial charge on any atom is -0.487 e. The molecule has 0 fully saturated rings. The second-order valence-electron chi connectivity index (χ2n) is 4.90. The summed E-state index contributed by atoms with van der Waals surface area (Å²) in [6.45, 7) is 9.26. The van der Waals surface area contributed by atoms with E-state index in [1.807, 2.05) is 38.1 Å².